The van der Waals surface area contributed by atoms with Gasteiger partial charge in [-0.05, 0) is 38.5 Å². The molecule has 27 heavy (non-hydrogen) atoms. The van der Waals surface area contributed by atoms with Crippen molar-refractivity contribution < 1.29 is 12.9 Å². The summed E-state index contributed by atoms with van der Waals surface area (Å²) in [6, 6.07) is 2.11. The van der Waals surface area contributed by atoms with Crippen LogP contribution in [0.2, 0.25) is 0 Å². The van der Waals surface area contributed by atoms with Crippen molar-refractivity contribution in [2.45, 2.75) is 37.5 Å². The second kappa shape index (κ2) is 6.00. The Kier molecular flexibility index (Phi) is 3.80. The van der Waals surface area contributed by atoms with Crippen LogP contribution in [0.1, 0.15) is 35.9 Å². The summed E-state index contributed by atoms with van der Waals surface area (Å²) in [4.78, 5) is 11.4. The molecule has 0 N–H and O–H groups in total. The molecule has 5 rings (SSSR count). The molecule has 2 saturated heterocycles. The number of aryl methyl sites for hydroxylation is 2. The molecule has 0 radical (unpaired) electrons. The highest BCUT2D eigenvalue weighted by molar-refractivity contribution is 7.89. The van der Waals surface area contributed by atoms with Gasteiger partial charge in [0.25, 0.3) is 0 Å². The van der Waals surface area contributed by atoms with Gasteiger partial charge in [0, 0.05) is 43.9 Å². The molecule has 2 aromatic heterocycles. The van der Waals surface area contributed by atoms with Gasteiger partial charge >= 0.3 is 0 Å². The minimum absolute atomic E-state index is 0.226. The number of nitrogens with zero attached hydrogens (tertiary/aromatic N) is 5. The smallest absolute Gasteiger partial charge is 0.248 e. The summed E-state index contributed by atoms with van der Waals surface area (Å²) in [7, 11) is -3.56. The van der Waals surface area contributed by atoms with Gasteiger partial charge in [0.2, 0.25) is 10.0 Å². The molecule has 0 amide bonds. The summed E-state index contributed by atoms with van der Waals surface area (Å²) < 4.78 is 32.7. The number of hydrogen-bond donors (Lipinski definition) is 0. The first kappa shape index (κ1) is 17.1. The van der Waals surface area contributed by atoms with E-state index in [-0.39, 0.29) is 4.90 Å². The van der Waals surface area contributed by atoms with Gasteiger partial charge in [-0.15, -0.1) is 0 Å². The van der Waals surface area contributed by atoms with Crippen LogP contribution in [-0.4, -0.2) is 54.0 Å². The Bertz CT molecular complexity index is 951. The predicted molar refractivity (Wildman–Crippen MR) is 97.9 cm³/mol. The summed E-state index contributed by atoms with van der Waals surface area (Å²) >= 11 is 0. The molecule has 8 nitrogen and oxygen atoms in total. The molecule has 0 aromatic carbocycles. The fourth-order valence-electron chi connectivity index (χ4n) is 4.44. The lowest BCUT2D eigenvalue weighted by Gasteiger charge is -2.22. The van der Waals surface area contributed by atoms with Crippen LogP contribution in [0.25, 0.3) is 0 Å². The van der Waals surface area contributed by atoms with Crippen LogP contribution < -0.4 is 4.90 Å². The van der Waals surface area contributed by atoms with Crippen LogP contribution in [0, 0.1) is 25.7 Å². The average Bonchev–Trinajstić information content (AvgIpc) is 3.15. The van der Waals surface area contributed by atoms with Gasteiger partial charge in [0.15, 0.2) is 5.76 Å². The zero-order chi connectivity index (χ0) is 18.8. The molecule has 9 heteroatoms. The minimum atomic E-state index is -3.56. The predicted octanol–water partition coefficient (Wildman–Crippen LogP) is 1.72. The van der Waals surface area contributed by atoms with Gasteiger partial charge in [-0.1, -0.05) is 5.16 Å². The molecule has 2 atom stereocenters. The summed E-state index contributed by atoms with van der Waals surface area (Å²) in [5.41, 5.74) is 1.57. The maximum atomic E-state index is 13.0. The van der Waals surface area contributed by atoms with E-state index in [0.717, 1.165) is 24.6 Å². The third-order valence-electron chi connectivity index (χ3n) is 6.01. The quantitative estimate of drug-likeness (QED) is 0.786. The van der Waals surface area contributed by atoms with Crippen molar-refractivity contribution in [2.75, 3.05) is 31.1 Å². The lowest BCUT2D eigenvalue weighted by molar-refractivity contribution is 0.389. The van der Waals surface area contributed by atoms with Crippen molar-refractivity contribution in [2.24, 2.45) is 11.8 Å². The van der Waals surface area contributed by atoms with Gasteiger partial charge in [-0.3, -0.25) is 0 Å². The Balaban J connectivity index is 1.32. The number of rotatable bonds is 4. The summed E-state index contributed by atoms with van der Waals surface area (Å²) in [6.07, 6.45) is 4.09. The SMILES string of the molecule is Cc1noc(C)c1S(=O)(=O)N1CC2CN(c3cc(C4CC4)ncn3)CC2C1. The van der Waals surface area contributed by atoms with E-state index in [1.807, 2.05) is 0 Å². The summed E-state index contributed by atoms with van der Waals surface area (Å²) in [5, 5.41) is 3.80. The molecule has 1 aliphatic carbocycles. The standard InChI is InChI=1S/C18H23N5O3S/c1-11-18(12(2)26-21-11)27(24,25)23-8-14-6-22(7-15(14)9-23)17-5-16(13-3-4-13)19-10-20-17/h5,10,13-15H,3-4,6-9H2,1-2H3. The highest BCUT2D eigenvalue weighted by Gasteiger charge is 2.46. The maximum absolute atomic E-state index is 13.0. The Hall–Kier alpha value is -2.00. The van der Waals surface area contributed by atoms with E-state index in [1.165, 1.54) is 12.8 Å². The maximum Gasteiger partial charge on any atom is 0.248 e. The van der Waals surface area contributed by atoms with Gasteiger partial charge in [-0.2, -0.15) is 4.31 Å². The highest BCUT2D eigenvalue weighted by atomic mass is 32.2. The van der Waals surface area contributed by atoms with Gasteiger partial charge in [0.05, 0.1) is 0 Å². The van der Waals surface area contributed by atoms with Crippen LogP contribution in [-0.2, 0) is 10.0 Å². The van der Waals surface area contributed by atoms with Crippen LogP contribution in [0.5, 0.6) is 0 Å². The highest BCUT2D eigenvalue weighted by Crippen LogP contribution is 2.41. The first-order chi connectivity index (χ1) is 12.9. The van der Waals surface area contributed by atoms with Gasteiger partial charge in [-0.25, -0.2) is 18.4 Å². The van der Waals surface area contributed by atoms with E-state index in [4.69, 9.17) is 4.52 Å². The monoisotopic (exact) mass is 389 g/mol. The van der Waals surface area contributed by atoms with E-state index in [0.29, 0.717) is 42.3 Å². The second-order valence-corrected chi connectivity index (χ2v) is 9.85. The third kappa shape index (κ3) is 2.84. The van der Waals surface area contributed by atoms with Crippen LogP contribution in [0.4, 0.5) is 5.82 Å². The fourth-order valence-corrected chi connectivity index (χ4v) is 6.29. The number of aromatic nitrogens is 3. The van der Waals surface area contributed by atoms with Crippen molar-refractivity contribution in [1.29, 1.82) is 0 Å². The molecule has 2 aliphatic heterocycles. The molecule has 2 aromatic rings. The van der Waals surface area contributed by atoms with Gasteiger partial charge < -0.3 is 9.42 Å². The lowest BCUT2D eigenvalue weighted by atomic mass is 10.0. The zero-order valence-corrected chi connectivity index (χ0v) is 16.3. The molecule has 3 fully saturated rings. The van der Waals surface area contributed by atoms with Crippen LogP contribution in [0.15, 0.2) is 21.8 Å². The molecule has 0 spiro atoms. The summed E-state index contributed by atoms with van der Waals surface area (Å²) in [5.74, 6) is 2.57. The lowest BCUT2D eigenvalue weighted by Crippen LogP contribution is -2.34. The summed E-state index contributed by atoms with van der Waals surface area (Å²) in [6.45, 7) is 6.06. The van der Waals surface area contributed by atoms with Crippen LogP contribution >= 0.6 is 0 Å². The van der Waals surface area contributed by atoms with E-state index >= 15 is 0 Å². The molecular weight excluding hydrogens is 366 g/mol. The van der Waals surface area contributed by atoms with Crippen molar-refractivity contribution >= 4 is 15.8 Å². The topological polar surface area (TPSA) is 92.4 Å². The Morgan fingerprint density at radius 2 is 1.78 bits per heavy atom. The van der Waals surface area contributed by atoms with E-state index in [9.17, 15) is 8.42 Å². The second-order valence-electron chi connectivity index (χ2n) is 7.98. The fraction of sp³-hybridized carbons (Fsp3) is 0.611. The van der Waals surface area contributed by atoms with Crippen molar-refractivity contribution in [1.82, 2.24) is 19.4 Å². The first-order valence-corrected chi connectivity index (χ1v) is 10.9. The Morgan fingerprint density at radius 1 is 1.07 bits per heavy atom. The Labute approximate surface area is 158 Å². The number of hydrogen-bond acceptors (Lipinski definition) is 7. The Morgan fingerprint density at radius 3 is 2.37 bits per heavy atom. The largest absolute Gasteiger partial charge is 0.360 e. The molecule has 2 unspecified atom stereocenters. The van der Waals surface area contributed by atoms with Crippen molar-refractivity contribution in [3.8, 4) is 0 Å². The number of anilines is 1. The number of fused-ring (bicyclic) bond motifs is 1. The normalized spacial score (nSPS) is 25.9. The molecule has 144 valence electrons. The van der Waals surface area contributed by atoms with Gasteiger partial charge in [0.1, 0.15) is 22.7 Å². The van der Waals surface area contributed by atoms with Crippen molar-refractivity contribution in [3.05, 3.63) is 29.5 Å². The molecule has 1 saturated carbocycles. The van der Waals surface area contributed by atoms with E-state index in [1.54, 1.807) is 24.5 Å². The molecule has 3 aliphatic rings. The van der Waals surface area contributed by atoms with E-state index in [2.05, 4.69) is 26.1 Å². The first-order valence-electron chi connectivity index (χ1n) is 9.43. The minimum Gasteiger partial charge on any atom is -0.360 e. The average molecular weight is 389 g/mol. The molecular formula is C18H23N5O3S. The zero-order valence-electron chi connectivity index (χ0n) is 15.5. The third-order valence-corrected chi connectivity index (χ3v) is 8.09. The van der Waals surface area contributed by atoms with Crippen molar-refractivity contribution in [3.63, 3.8) is 0 Å². The number of sulfonamides is 1. The molecule has 0 bridgehead atoms. The van der Waals surface area contributed by atoms with E-state index < -0.39 is 10.0 Å². The van der Waals surface area contributed by atoms with Crippen LogP contribution in [0.3, 0.4) is 0 Å². The molecule has 4 heterocycles.